The number of carbonyl (C=O) groups is 1. The molecule has 6 nitrogen and oxygen atoms in total. The zero-order chi connectivity index (χ0) is 20.9. The maximum atomic E-state index is 12.5. The third-order valence-electron chi connectivity index (χ3n) is 6.94. The second-order valence-electron chi connectivity index (χ2n) is 9.04. The van der Waals surface area contributed by atoms with Crippen LogP contribution in [0.3, 0.4) is 0 Å². The molecule has 1 aromatic carbocycles. The standard InChI is InChI=1S/C23H37N3O3/c1-25(2)23(10-5-15-28-3)13-11-22(12-14-23)18-26(17-21(27)24-22)16-19-6-8-20(29-4)9-7-19/h6-9H,5,10-18H2,1-4H3,(H,24,27)/t22-,23+. The molecule has 1 saturated heterocycles. The predicted octanol–water partition coefficient (Wildman–Crippen LogP) is 2.67. The Morgan fingerprint density at radius 1 is 1.10 bits per heavy atom. The molecule has 1 heterocycles. The minimum absolute atomic E-state index is 0.0947. The first-order valence-corrected chi connectivity index (χ1v) is 10.7. The lowest BCUT2D eigenvalue weighted by molar-refractivity contribution is -0.130. The van der Waals surface area contributed by atoms with Crippen molar-refractivity contribution in [1.29, 1.82) is 0 Å². The average molecular weight is 404 g/mol. The van der Waals surface area contributed by atoms with Gasteiger partial charge in [0.1, 0.15) is 5.75 Å². The molecule has 1 aromatic rings. The Bertz CT molecular complexity index is 666. The molecule has 1 amide bonds. The van der Waals surface area contributed by atoms with Gasteiger partial charge in [-0.25, -0.2) is 0 Å². The molecule has 1 spiro atoms. The van der Waals surface area contributed by atoms with Gasteiger partial charge in [0.2, 0.25) is 5.91 Å². The number of piperazine rings is 1. The molecule has 0 bridgehead atoms. The van der Waals surface area contributed by atoms with Crippen molar-refractivity contribution in [2.24, 2.45) is 0 Å². The smallest absolute Gasteiger partial charge is 0.234 e. The number of benzene rings is 1. The summed E-state index contributed by atoms with van der Waals surface area (Å²) in [6, 6.07) is 8.15. The Morgan fingerprint density at radius 3 is 2.38 bits per heavy atom. The van der Waals surface area contributed by atoms with Crippen molar-refractivity contribution in [3.8, 4) is 5.75 Å². The maximum absolute atomic E-state index is 12.5. The Hall–Kier alpha value is -1.63. The summed E-state index contributed by atoms with van der Waals surface area (Å²) in [5, 5.41) is 3.37. The van der Waals surface area contributed by atoms with Gasteiger partial charge < -0.3 is 19.7 Å². The van der Waals surface area contributed by atoms with Crippen LogP contribution in [0.2, 0.25) is 0 Å². The van der Waals surface area contributed by atoms with E-state index in [1.54, 1.807) is 14.2 Å². The van der Waals surface area contributed by atoms with Crippen LogP contribution in [0.25, 0.3) is 0 Å². The van der Waals surface area contributed by atoms with Crippen molar-refractivity contribution in [2.75, 3.05) is 48.0 Å². The molecule has 0 radical (unpaired) electrons. The third-order valence-corrected chi connectivity index (χ3v) is 6.94. The van der Waals surface area contributed by atoms with Crippen molar-refractivity contribution in [3.05, 3.63) is 29.8 Å². The van der Waals surface area contributed by atoms with Gasteiger partial charge in [-0.1, -0.05) is 12.1 Å². The van der Waals surface area contributed by atoms with Crippen LogP contribution in [0.15, 0.2) is 24.3 Å². The van der Waals surface area contributed by atoms with Gasteiger partial charge in [0.15, 0.2) is 0 Å². The van der Waals surface area contributed by atoms with Gasteiger partial charge >= 0.3 is 0 Å². The second kappa shape index (κ2) is 9.45. The van der Waals surface area contributed by atoms with Crippen molar-refractivity contribution in [3.63, 3.8) is 0 Å². The zero-order valence-electron chi connectivity index (χ0n) is 18.5. The van der Waals surface area contributed by atoms with E-state index in [1.165, 1.54) is 5.56 Å². The fourth-order valence-electron chi connectivity index (χ4n) is 5.11. The Kier molecular flexibility index (Phi) is 7.19. The van der Waals surface area contributed by atoms with Gasteiger partial charge in [0.05, 0.1) is 19.2 Å². The summed E-state index contributed by atoms with van der Waals surface area (Å²) < 4.78 is 10.5. The fourth-order valence-corrected chi connectivity index (χ4v) is 5.11. The van der Waals surface area contributed by atoms with E-state index in [0.717, 1.165) is 64.0 Å². The quantitative estimate of drug-likeness (QED) is 0.677. The fraction of sp³-hybridized carbons (Fsp3) is 0.696. The zero-order valence-corrected chi connectivity index (χ0v) is 18.5. The number of hydrogen-bond acceptors (Lipinski definition) is 5. The third kappa shape index (κ3) is 5.30. The molecule has 1 aliphatic heterocycles. The van der Waals surface area contributed by atoms with E-state index in [-0.39, 0.29) is 17.0 Å². The van der Waals surface area contributed by atoms with E-state index in [9.17, 15) is 4.79 Å². The van der Waals surface area contributed by atoms with Crippen molar-refractivity contribution >= 4 is 5.91 Å². The summed E-state index contributed by atoms with van der Waals surface area (Å²) in [6.45, 7) is 3.01. The van der Waals surface area contributed by atoms with Crippen LogP contribution in [0.5, 0.6) is 5.75 Å². The van der Waals surface area contributed by atoms with Crippen LogP contribution in [-0.4, -0.2) is 74.8 Å². The minimum Gasteiger partial charge on any atom is -0.497 e. The summed E-state index contributed by atoms with van der Waals surface area (Å²) in [6.07, 6.45) is 6.51. The summed E-state index contributed by atoms with van der Waals surface area (Å²) in [5.41, 5.74) is 1.34. The number of carbonyl (C=O) groups excluding carboxylic acids is 1. The number of hydrogen-bond donors (Lipinski definition) is 1. The molecule has 2 aliphatic rings. The Morgan fingerprint density at radius 2 is 1.79 bits per heavy atom. The lowest BCUT2D eigenvalue weighted by atomic mass is 9.69. The molecule has 0 aromatic heterocycles. The number of ether oxygens (including phenoxy) is 2. The molecule has 2 fully saturated rings. The molecule has 29 heavy (non-hydrogen) atoms. The van der Waals surface area contributed by atoms with E-state index in [0.29, 0.717) is 6.54 Å². The molecule has 1 N–H and O–H groups in total. The van der Waals surface area contributed by atoms with E-state index in [4.69, 9.17) is 9.47 Å². The van der Waals surface area contributed by atoms with E-state index in [2.05, 4.69) is 41.3 Å². The largest absolute Gasteiger partial charge is 0.497 e. The van der Waals surface area contributed by atoms with Crippen LogP contribution in [0.1, 0.15) is 44.1 Å². The highest BCUT2D eigenvalue weighted by Crippen LogP contribution is 2.41. The first-order chi connectivity index (χ1) is 13.9. The molecule has 0 unspecified atom stereocenters. The van der Waals surface area contributed by atoms with Crippen LogP contribution in [-0.2, 0) is 16.1 Å². The van der Waals surface area contributed by atoms with Crippen molar-refractivity contribution in [1.82, 2.24) is 15.1 Å². The highest BCUT2D eigenvalue weighted by atomic mass is 16.5. The van der Waals surface area contributed by atoms with Gasteiger partial charge in [-0.3, -0.25) is 9.69 Å². The second-order valence-corrected chi connectivity index (χ2v) is 9.04. The molecular weight excluding hydrogens is 366 g/mol. The number of nitrogens with one attached hydrogen (secondary N) is 1. The molecular formula is C23H37N3O3. The van der Waals surface area contributed by atoms with Crippen LogP contribution >= 0.6 is 0 Å². The first kappa shape index (κ1) is 22.1. The van der Waals surface area contributed by atoms with Crippen LogP contribution in [0.4, 0.5) is 0 Å². The van der Waals surface area contributed by atoms with Crippen molar-refractivity contribution in [2.45, 2.75) is 56.1 Å². The van der Waals surface area contributed by atoms with Gasteiger partial charge in [0, 0.05) is 32.3 Å². The van der Waals surface area contributed by atoms with Gasteiger partial charge in [-0.15, -0.1) is 0 Å². The summed E-state index contributed by atoms with van der Waals surface area (Å²) >= 11 is 0. The monoisotopic (exact) mass is 403 g/mol. The molecule has 1 aliphatic carbocycles. The number of nitrogens with zero attached hydrogens (tertiary/aromatic N) is 2. The summed E-state index contributed by atoms with van der Waals surface area (Å²) in [5.74, 6) is 1.02. The topological polar surface area (TPSA) is 54.0 Å². The minimum atomic E-state index is -0.0947. The molecule has 1 saturated carbocycles. The molecule has 3 rings (SSSR count). The van der Waals surface area contributed by atoms with Gasteiger partial charge in [-0.05, 0) is 70.3 Å². The van der Waals surface area contributed by atoms with E-state index >= 15 is 0 Å². The first-order valence-electron chi connectivity index (χ1n) is 10.7. The highest BCUT2D eigenvalue weighted by Gasteiger charge is 2.46. The van der Waals surface area contributed by atoms with E-state index in [1.807, 2.05) is 12.1 Å². The number of amides is 1. The Balaban J connectivity index is 1.64. The number of rotatable bonds is 8. The SMILES string of the molecule is COCCC[C@]1(N(C)C)CC[C@@]2(CC1)CN(Cc1ccc(OC)cc1)CC(=O)N2. The highest BCUT2D eigenvalue weighted by molar-refractivity contribution is 5.80. The summed E-state index contributed by atoms with van der Waals surface area (Å²) in [4.78, 5) is 17.2. The lowest BCUT2D eigenvalue weighted by Crippen LogP contribution is -2.66. The van der Waals surface area contributed by atoms with Crippen LogP contribution < -0.4 is 10.1 Å². The average Bonchev–Trinajstić information content (AvgIpc) is 2.70. The predicted molar refractivity (Wildman–Crippen MR) is 115 cm³/mol. The number of methoxy groups -OCH3 is 2. The molecule has 0 atom stereocenters. The Labute approximate surface area is 175 Å². The lowest BCUT2D eigenvalue weighted by Gasteiger charge is -2.53. The summed E-state index contributed by atoms with van der Waals surface area (Å²) in [7, 11) is 7.84. The van der Waals surface area contributed by atoms with E-state index < -0.39 is 0 Å². The molecule has 162 valence electrons. The van der Waals surface area contributed by atoms with Gasteiger partial charge in [0.25, 0.3) is 0 Å². The van der Waals surface area contributed by atoms with Crippen molar-refractivity contribution < 1.29 is 14.3 Å². The molecule has 6 heteroatoms. The normalized spacial score (nSPS) is 28.0. The van der Waals surface area contributed by atoms with Crippen LogP contribution in [0, 0.1) is 0 Å². The van der Waals surface area contributed by atoms with Gasteiger partial charge in [-0.2, -0.15) is 0 Å². The maximum Gasteiger partial charge on any atom is 0.234 e.